The fraction of sp³-hybridized carbons (Fsp3) is 0.500. The van der Waals surface area contributed by atoms with Gasteiger partial charge in [0, 0.05) is 11.6 Å². The molecule has 0 fully saturated rings. The van der Waals surface area contributed by atoms with Crippen molar-refractivity contribution in [3.8, 4) is 0 Å². The minimum absolute atomic E-state index is 0.141. The number of nitrogens with two attached hydrogens (primary N) is 1. The van der Waals surface area contributed by atoms with Crippen molar-refractivity contribution in [1.82, 2.24) is 4.90 Å². The largest absolute Gasteiger partial charge is 0.406 e. The number of nitrogens with zero attached hydrogens (tertiary/aromatic N) is 1. The molecule has 0 aliphatic carbocycles. The molecule has 2 N–H and O–H groups in total. The van der Waals surface area contributed by atoms with Gasteiger partial charge in [-0.2, -0.15) is 13.2 Å². The summed E-state index contributed by atoms with van der Waals surface area (Å²) in [7, 11) is 0. The van der Waals surface area contributed by atoms with Crippen LogP contribution in [0.15, 0.2) is 18.2 Å². The van der Waals surface area contributed by atoms with Crippen molar-refractivity contribution in [1.29, 1.82) is 0 Å². The number of benzene rings is 1. The van der Waals surface area contributed by atoms with Gasteiger partial charge in [-0.1, -0.05) is 13.8 Å². The van der Waals surface area contributed by atoms with E-state index in [9.17, 15) is 22.4 Å². The topological polar surface area (TPSA) is 46.3 Å². The van der Waals surface area contributed by atoms with E-state index in [1.54, 1.807) is 13.8 Å². The molecule has 0 radical (unpaired) electrons. The van der Waals surface area contributed by atoms with E-state index in [-0.39, 0.29) is 11.3 Å². The van der Waals surface area contributed by atoms with Crippen LogP contribution in [0.5, 0.6) is 0 Å². The van der Waals surface area contributed by atoms with Crippen LogP contribution in [0, 0.1) is 5.82 Å². The highest BCUT2D eigenvalue weighted by Gasteiger charge is 2.36. The summed E-state index contributed by atoms with van der Waals surface area (Å²) in [6, 6.07) is 2.71. The molecule has 7 heteroatoms. The van der Waals surface area contributed by atoms with E-state index < -0.39 is 30.5 Å². The monoisotopic (exact) mass is 306 g/mol. The molecule has 0 aliphatic heterocycles. The zero-order valence-corrected chi connectivity index (χ0v) is 11.9. The lowest BCUT2D eigenvalue weighted by molar-refractivity contribution is -0.144. The number of carbonyl (C=O) groups excluding carboxylic acids is 1. The molecule has 0 aromatic heterocycles. The minimum Gasteiger partial charge on any atom is -0.396 e. The molecule has 0 unspecified atom stereocenters. The van der Waals surface area contributed by atoms with Crippen molar-refractivity contribution in [3.05, 3.63) is 29.6 Å². The number of anilines is 1. The number of nitrogen functional groups attached to an aromatic ring is 1. The van der Waals surface area contributed by atoms with Gasteiger partial charge in [0.05, 0.1) is 5.69 Å². The molecule has 1 rings (SSSR count). The van der Waals surface area contributed by atoms with Gasteiger partial charge in [-0.05, 0) is 31.0 Å². The molecule has 0 bridgehead atoms. The van der Waals surface area contributed by atoms with Crippen LogP contribution in [0.3, 0.4) is 0 Å². The third-order valence-corrected chi connectivity index (χ3v) is 3.24. The third-order valence-electron chi connectivity index (χ3n) is 3.24. The fourth-order valence-corrected chi connectivity index (χ4v) is 2.12. The highest BCUT2D eigenvalue weighted by atomic mass is 19.4. The van der Waals surface area contributed by atoms with E-state index in [4.69, 9.17) is 5.73 Å². The molecule has 0 saturated carbocycles. The Morgan fingerprint density at radius 1 is 1.29 bits per heavy atom. The number of halogens is 4. The van der Waals surface area contributed by atoms with Crippen LogP contribution in [-0.4, -0.2) is 29.6 Å². The Kier molecular flexibility index (Phi) is 5.57. The number of alkyl halides is 3. The summed E-state index contributed by atoms with van der Waals surface area (Å²) in [6.45, 7) is 2.05. The molecular weight excluding hydrogens is 288 g/mol. The normalized spacial score (nSPS) is 11.8. The summed E-state index contributed by atoms with van der Waals surface area (Å²) in [5.74, 6) is -1.67. The van der Waals surface area contributed by atoms with Crippen LogP contribution in [0.4, 0.5) is 23.2 Å². The maximum atomic E-state index is 13.4. The third kappa shape index (κ3) is 4.61. The molecule has 0 heterocycles. The first-order valence-corrected chi connectivity index (χ1v) is 6.62. The quantitative estimate of drug-likeness (QED) is 0.667. The van der Waals surface area contributed by atoms with Crippen LogP contribution in [0.1, 0.15) is 37.0 Å². The molecular formula is C14H18F4N2O. The van der Waals surface area contributed by atoms with Gasteiger partial charge in [0.1, 0.15) is 12.4 Å². The second kappa shape index (κ2) is 6.78. The molecule has 1 aromatic rings. The smallest absolute Gasteiger partial charge is 0.396 e. The van der Waals surface area contributed by atoms with Crippen molar-refractivity contribution in [3.63, 3.8) is 0 Å². The lowest BCUT2D eigenvalue weighted by Crippen LogP contribution is -2.45. The van der Waals surface area contributed by atoms with E-state index in [1.165, 1.54) is 12.1 Å². The number of carbonyl (C=O) groups is 1. The standard InChI is InChI=1S/C14H18F4N2O/c1-3-10(4-2)20(8-14(16,17)18)13(21)9-5-6-12(19)11(15)7-9/h5-7,10H,3-4,8,19H2,1-2H3. The Morgan fingerprint density at radius 2 is 1.86 bits per heavy atom. The van der Waals surface area contributed by atoms with Gasteiger partial charge in [-0.3, -0.25) is 4.79 Å². The zero-order chi connectivity index (χ0) is 16.2. The predicted octanol–water partition coefficient (Wildman–Crippen LogP) is 3.60. The lowest BCUT2D eigenvalue weighted by atomic mass is 10.1. The summed E-state index contributed by atoms with van der Waals surface area (Å²) in [5.41, 5.74) is 5.00. The first-order chi connectivity index (χ1) is 9.69. The molecule has 1 amide bonds. The predicted molar refractivity (Wildman–Crippen MR) is 72.3 cm³/mol. The Labute approximate surface area is 120 Å². The van der Waals surface area contributed by atoms with Crippen LogP contribution in [0.2, 0.25) is 0 Å². The highest BCUT2D eigenvalue weighted by molar-refractivity contribution is 5.94. The zero-order valence-electron chi connectivity index (χ0n) is 11.9. The molecule has 0 aliphatic rings. The van der Waals surface area contributed by atoms with Crippen molar-refractivity contribution in [2.45, 2.75) is 38.9 Å². The van der Waals surface area contributed by atoms with Gasteiger partial charge < -0.3 is 10.6 Å². The molecule has 1 aromatic carbocycles. The van der Waals surface area contributed by atoms with E-state index in [1.807, 2.05) is 0 Å². The molecule has 0 atom stereocenters. The second-order valence-corrected chi connectivity index (χ2v) is 4.75. The first kappa shape index (κ1) is 17.3. The number of hydrogen-bond donors (Lipinski definition) is 1. The van der Waals surface area contributed by atoms with Crippen molar-refractivity contribution in [2.75, 3.05) is 12.3 Å². The average Bonchev–Trinajstić information content (AvgIpc) is 2.40. The second-order valence-electron chi connectivity index (χ2n) is 4.75. The fourth-order valence-electron chi connectivity index (χ4n) is 2.12. The number of hydrogen-bond acceptors (Lipinski definition) is 2. The summed E-state index contributed by atoms with van der Waals surface area (Å²) >= 11 is 0. The Balaban J connectivity index is 3.11. The number of rotatable bonds is 5. The van der Waals surface area contributed by atoms with Crippen LogP contribution >= 0.6 is 0 Å². The number of amides is 1. The molecule has 21 heavy (non-hydrogen) atoms. The molecule has 0 spiro atoms. The van der Waals surface area contributed by atoms with E-state index >= 15 is 0 Å². The molecule has 3 nitrogen and oxygen atoms in total. The molecule has 0 saturated heterocycles. The van der Waals surface area contributed by atoms with Gasteiger partial charge in [-0.25, -0.2) is 4.39 Å². The average molecular weight is 306 g/mol. The highest BCUT2D eigenvalue weighted by Crippen LogP contribution is 2.23. The summed E-state index contributed by atoms with van der Waals surface area (Å²) in [4.78, 5) is 13.0. The SMILES string of the molecule is CCC(CC)N(CC(F)(F)F)C(=O)c1ccc(N)c(F)c1. The summed E-state index contributed by atoms with van der Waals surface area (Å²) in [6.07, 6.45) is -3.74. The summed E-state index contributed by atoms with van der Waals surface area (Å²) < 4.78 is 51.4. The minimum atomic E-state index is -4.51. The van der Waals surface area contributed by atoms with E-state index in [0.717, 1.165) is 11.0 Å². The maximum absolute atomic E-state index is 13.4. The van der Waals surface area contributed by atoms with Gasteiger partial charge in [0.2, 0.25) is 0 Å². The molecule has 118 valence electrons. The van der Waals surface area contributed by atoms with Crippen molar-refractivity contribution >= 4 is 11.6 Å². The van der Waals surface area contributed by atoms with Crippen molar-refractivity contribution in [2.24, 2.45) is 0 Å². The van der Waals surface area contributed by atoms with Crippen LogP contribution in [0.25, 0.3) is 0 Å². The Morgan fingerprint density at radius 3 is 2.29 bits per heavy atom. The van der Waals surface area contributed by atoms with Crippen molar-refractivity contribution < 1.29 is 22.4 Å². The lowest BCUT2D eigenvalue weighted by Gasteiger charge is -2.31. The summed E-state index contributed by atoms with van der Waals surface area (Å²) in [5, 5.41) is 0. The van der Waals surface area contributed by atoms with E-state index in [0.29, 0.717) is 12.8 Å². The van der Waals surface area contributed by atoms with E-state index in [2.05, 4.69) is 0 Å². The van der Waals surface area contributed by atoms with Gasteiger partial charge >= 0.3 is 6.18 Å². The first-order valence-electron chi connectivity index (χ1n) is 6.62. The Bertz CT molecular complexity index is 498. The van der Waals surface area contributed by atoms with Gasteiger partial charge in [0.25, 0.3) is 5.91 Å². The van der Waals surface area contributed by atoms with Gasteiger partial charge in [-0.15, -0.1) is 0 Å². The van der Waals surface area contributed by atoms with Crippen LogP contribution in [-0.2, 0) is 0 Å². The Hall–Kier alpha value is -1.79. The van der Waals surface area contributed by atoms with Crippen LogP contribution < -0.4 is 5.73 Å². The maximum Gasteiger partial charge on any atom is 0.406 e. The van der Waals surface area contributed by atoms with Gasteiger partial charge in [0.15, 0.2) is 0 Å².